The number of nitrogens with one attached hydrogen (secondary N) is 2. The lowest BCUT2D eigenvalue weighted by Crippen LogP contribution is -2.54. The summed E-state index contributed by atoms with van der Waals surface area (Å²) in [4.78, 5) is 42.3. The number of hydrogen-bond acceptors (Lipinski definition) is 4. The van der Waals surface area contributed by atoms with Gasteiger partial charge in [0.15, 0.2) is 5.54 Å². The minimum Gasteiger partial charge on any atom is -0.422 e. The molecule has 2 aliphatic rings. The van der Waals surface area contributed by atoms with Crippen molar-refractivity contribution in [2.45, 2.75) is 12.0 Å². The van der Waals surface area contributed by atoms with E-state index in [1.807, 2.05) is 30.3 Å². The molecule has 0 saturated carbocycles. The van der Waals surface area contributed by atoms with Crippen LogP contribution in [0.1, 0.15) is 17.5 Å². The average molecular weight is 409 g/mol. The molecule has 6 rings (SSSR count). The maximum Gasteiger partial charge on any atom is 0.345 e. The van der Waals surface area contributed by atoms with Crippen molar-refractivity contribution in [1.82, 2.24) is 5.32 Å². The maximum atomic E-state index is 12.9. The van der Waals surface area contributed by atoms with Crippen LogP contribution in [0, 0.1) is 0 Å². The van der Waals surface area contributed by atoms with Crippen molar-refractivity contribution in [3.63, 3.8) is 0 Å². The molecule has 1 spiro atoms. The van der Waals surface area contributed by atoms with Crippen molar-refractivity contribution >= 4 is 45.1 Å². The zero-order valence-electron chi connectivity index (χ0n) is 16.1. The van der Waals surface area contributed by atoms with Crippen LogP contribution in [0.15, 0.2) is 80.9 Å². The molecule has 3 amide bonds. The Morgan fingerprint density at radius 1 is 0.903 bits per heavy atom. The maximum absolute atomic E-state index is 12.9. The van der Waals surface area contributed by atoms with Gasteiger partial charge in [-0.1, -0.05) is 48.5 Å². The Hall–Kier alpha value is -4.26. The number of aliphatic imine (C=N–C) groups is 1. The Kier molecular flexibility index (Phi) is 3.47. The van der Waals surface area contributed by atoms with E-state index >= 15 is 0 Å². The van der Waals surface area contributed by atoms with E-state index < -0.39 is 17.2 Å². The molecule has 0 radical (unpaired) electrons. The normalized spacial score (nSPS) is 19.9. The van der Waals surface area contributed by atoms with Crippen LogP contribution in [0.5, 0.6) is 0 Å². The first kappa shape index (κ1) is 17.6. The van der Waals surface area contributed by atoms with Crippen LogP contribution in [0.4, 0.5) is 10.5 Å². The molecule has 4 aromatic rings. The number of fused-ring (bicyclic) bond motifs is 5. The van der Waals surface area contributed by atoms with Crippen LogP contribution in [-0.2, 0) is 10.3 Å². The van der Waals surface area contributed by atoms with Gasteiger partial charge >= 0.3 is 11.7 Å². The van der Waals surface area contributed by atoms with Crippen LogP contribution in [-0.4, -0.2) is 17.6 Å². The van der Waals surface area contributed by atoms with E-state index in [4.69, 9.17) is 4.42 Å². The van der Waals surface area contributed by atoms with Gasteiger partial charge in [0, 0.05) is 23.1 Å². The number of urea groups is 1. The van der Waals surface area contributed by atoms with Crippen molar-refractivity contribution in [2.24, 2.45) is 4.99 Å². The highest BCUT2D eigenvalue weighted by molar-refractivity contribution is 6.18. The van der Waals surface area contributed by atoms with E-state index in [9.17, 15) is 14.4 Å². The summed E-state index contributed by atoms with van der Waals surface area (Å²) in [7, 11) is 0. The Bertz CT molecular complexity index is 1540. The SMILES string of the molecule is O=C1N=C(c2cc3c(ccc4ccccc43)oc2=O)CC2(N1)C(=O)Nc1ccccc12. The Balaban J connectivity index is 1.55. The van der Waals surface area contributed by atoms with Gasteiger partial charge in [-0.15, -0.1) is 0 Å². The molecule has 0 saturated heterocycles. The minimum atomic E-state index is -1.31. The molecular weight excluding hydrogens is 394 g/mol. The second-order valence-electron chi connectivity index (χ2n) is 7.72. The summed E-state index contributed by atoms with van der Waals surface area (Å²) in [6.45, 7) is 0. The molecule has 0 aliphatic carbocycles. The molecule has 7 nitrogen and oxygen atoms in total. The summed E-state index contributed by atoms with van der Waals surface area (Å²) in [6, 6.07) is 19.6. The smallest absolute Gasteiger partial charge is 0.345 e. The number of amides is 3. The van der Waals surface area contributed by atoms with Crippen LogP contribution in [0.3, 0.4) is 0 Å². The minimum absolute atomic E-state index is 0.0443. The molecule has 3 aromatic carbocycles. The predicted octanol–water partition coefficient (Wildman–Crippen LogP) is 3.70. The van der Waals surface area contributed by atoms with Crippen LogP contribution >= 0.6 is 0 Å². The van der Waals surface area contributed by atoms with Crippen molar-refractivity contribution in [3.8, 4) is 0 Å². The number of anilines is 1. The van der Waals surface area contributed by atoms with E-state index in [2.05, 4.69) is 15.6 Å². The highest BCUT2D eigenvalue weighted by atomic mass is 16.4. The first-order valence-corrected chi connectivity index (χ1v) is 9.82. The molecule has 150 valence electrons. The first-order valence-electron chi connectivity index (χ1n) is 9.82. The van der Waals surface area contributed by atoms with Gasteiger partial charge in [-0.3, -0.25) is 4.79 Å². The molecule has 0 bridgehead atoms. The topological polar surface area (TPSA) is 101 Å². The quantitative estimate of drug-likeness (QED) is 0.370. The summed E-state index contributed by atoms with van der Waals surface area (Å²) in [6.07, 6.45) is 0.0443. The summed E-state index contributed by atoms with van der Waals surface area (Å²) >= 11 is 0. The predicted molar refractivity (Wildman–Crippen MR) is 116 cm³/mol. The first-order chi connectivity index (χ1) is 15.0. The molecule has 2 aliphatic heterocycles. The van der Waals surface area contributed by atoms with E-state index in [0.717, 1.165) is 16.2 Å². The van der Waals surface area contributed by atoms with Crippen molar-refractivity contribution < 1.29 is 14.0 Å². The fourth-order valence-electron chi connectivity index (χ4n) is 4.51. The number of rotatable bonds is 1. The van der Waals surface area contributed by atoms with Gasteiger partial charge in [-0.05, 0) is 29.0 Å². The van der Waals surface area contributed by atoms with Crippen molar-refractivity contribution in [2.75, 3.05) is 5.32 Å². The number of benzene rings is 3. The van der Waals surface area contributed by atoms with Crippen LogP contribution in [0.2, 0.25) is 0 Å². The fourth-order valence-corrected chi connectivity index (χ4v) is 4.51. The van der Waals surface area contributed by atoms with E-state index in [1.165, 1.54) is 0 Å². The Morgan fingerprint density at radius 2 is 1.71 bits per heavy atom. The number of carbonyl (C=O) groups is 2. The Labute approximate surface area is 175 Å². The van der Waals surface area contributed by atoms with Gasteiger partial charge in [0.25, 0.3) is 5.91 Å². The number of hydrogen-bond donors (Lipinski definition) is 2. The molecule has 3 heterocycles. The average Bonchev–Trinajstić information content (AvgIpc) is 3.03. The molecule has 31 heavy (non-hydrogen) atoms. The number of carbonyl (C=O) groups excluding carboxylic acids is 2. The van der Waals surface area contributed by atoms with Crippen molar-refractivity contribution in [1.29, 1.82) is 0 Å². The van der Waals surface area contributed by atoms with Gasteiger partial charge in [0.1, 0.15) is 5.58 Å². The summed E-state index contributed by atoms with van der Waals surface area (Å²) in [5, 5.41) is 8.18. The standard InChI is InChI=1S/C24H15N3O4/c28-21-16(11-15-14-6-2-1-5-13(14)9-10-20(15)31-21)19-12-24(27-23(30)26-19)17-7-3-4-8-18(17)25-22(24)29/h1-11H,12H2,(H,25,29)(H,27,30). The van der Waals surface area contributed by atoms with Crippen molar-refractivity contribution in [3.05, 3.63) is 88.3 Å². The third-order valence-electron chi connectivity index (χ3n) is 5.96. The molecule has 1 atom stereocenters. The fraction of sp³-hybridized carbons (Fsp3) is 0.0833. The summed E-state index contributed by atoms with van der Waals surface area (Å²) < 4.78 is 5.57. The third kappa shape index (κ3) is 2.46. The third-order valence-corrected chi connectivity index (χ3v) is 5.96. The van der Waals surface area contributed by atoms with E-state index in [1.54, 1.807) is 36.4 Å². The molecule has 2 N–H and O–H groups in total. The highest BCUT2D eigenvalue weighted by Gasteiger charge is 2.51. The molecular formula is C24H15N3O4. The highest BCUT2D eigenvalue weighted by Crippen LogP contribution is 2.40. The van der Waals surface area contributed by atoms with E-state index in [0.29, 0.717) is 16.8 Å². The zero-order valence-corrected chi connectivity index (χ0v) is 16.1. The van der Waals surface area contributed by atoms with Gasteiger partial charge in [-0.2, -0.15) is 4.99 Å². The van der Waals surface area contributed by atoms with Crippen LogP contribution in [0.25, 0.3) is 21.7 Å². The summed E-state index contributed by atoms with van der Waals surface area (Å²) in [5.41, 5.74) is 0.215. The zero-order chi connectivity index (χ0) is 21.2. The Morgan fingerprint density at radius 3 is 2.61 bits per heavy atom. The molecule has 0 fully saturated rings. The summed E-state index contributed by atoms with van der Waals surface area (Å²) in [5.74, 6) is -0.356. The van der Waals surface area contributed by atoms with E-state index in [-0.39, 0.29) is 23.6 Å². The largest absolute Gasteiger partial charge is 0.422 e. The molecule has 1 aromatic heterocycles. The van der Waals surface area contributed by atoms with Gasteiger partial charge in [0.2, 0.25) is 0 Å². The lowest BCUT2D eigenvalue weighted by Gasteiger charge is -2.31. The molecule has 7 heteroatoms. The van der Waals surface area contributed by atoms with Gasteiger partial charge in [0.05, 0.1) is 11.3 Å². The monoisotopic (exact) mass is 409 g/mol. The second-order valence-corrected chi connectivity index (χ2v) is 7.72. The lowest BCUT2D eigenvalue weighted by molar-refractivity contribution is -0.121. The molecule has 1 unspecified atom stereocenters. The van der Waals surface area contributed by atoms with Crippen LogP contribution < -0.4 is 16.3 Å². The second kappa shape index (κ2) is 6.12. The number of nitrogens with zero attached hydrogens (tertiary/aromatic N) is 1. The van der Waals surface area contributed by atoms with Gasteiger partial charge in [-0.25, -0.2) is 9.59 Å². The van der Waals surface area contributed by atoms with Gasteiger partial charge < -0.3 is 15.1 Å². The lowest BCUT2D eigenvalue weighted by atomic mass is 9.83. The number of para-hydroxylation sites is 1.